The molecule has 1 N–H and O–H groups in total. The van der Waals surface area contributed by atoms with Crippen molar-refractivity contribution in [2.75, 3.05) is 0 Å². The molecule has 0 spiro atoms. The van der Waals surface area contributed by atoms with E-state index >= 15 is 0 Å². The first kappa shape index (κ1) is 11.5. The fourth-order valence-electron chi connectivity index (χ4n) is 2.07. The number of hydrogen-bond donors (Lipinski definition) is 1. The SMILES string of the molecule is Oc1ccc(-c2ccccc2)cc1-c1ccccn1. The third-order valence-corrected chi connectivity index (χ3v) is 3.04. The van der Waals surface area contributed by atoms with Gasteiger partial charge in [-0.1, -0.05) is 42.5 Å². The summed E-state index contributed by atoms with van der Waals surface area (Å²) in [6, 6.07) is 21.4. The van der Waals surface area contributed by atoms with Crippen LogP contribution in [0, 0.1) is 0 Å². The fourth-order valence-corrected chi connectivity index (χ4v) is 2.07. The smallest absolute Gasteiger partial charge is 0.125 e. The van der Waals surface area contributed by atoms with Gasteiger partial charge in [-0.25, -0.2) is 0 Å². The van der Waals surface area contributed by atoms with Crippen LogP contribution < -0.4 is 0 Å². The van der Waals surface area contributed by atoms with E-state index in [9.17, 15) is 5.11 Å². The third kappa shape index (κ3) is 2.33. The summed E-state index contributed by atoms with van der Waals surface area (Å²) in [5.74, 6) is 0.249. The molecule has 0 amide bonds. The predicted octanol–water partition coefficient (Wildman–Crippen LogP) is 4.12. The molecule has 3 rings (SSSR count). The van der Waals surface area contributed by atoms with Gasteiger partial charge >= 0.3 is 0 Å². The predicted molar refractivity (Wildman–Crippen MR) is 76.8 cm³/mol. The molecule has 0 fully saturated rings. The lowest BCUT2D eigenvalue weighted by Gasteiger charge is -2.07. The first-order chi connectivity index (χ1) is 9.34. The Morgan fingerprint density at radius 2 is 1.53 bits per heavy atom. The molecule has 0 saturated heterocycles. The Kier molecular flexibility index (Phi) is 2.99. The van der Waals surface area contributed by atoms with Crippen LogP contribution in [-0.2, 0) is 0 Å². The van der Waals surface area contributed by atoms with Crippen LogP contribution in [0.1, 0.15) is 0 Å². The highest BCUT2D eigenvalue weighted by Crippen LogP contribution is 2.32. The number of rotatable bonds is 2. The van der Waals surface area contributed by atoms with Gasteiger partial charge in [0.25, 0.3) is 0 Å². The van der Waals surface area contributed by atoms with Gasteiger partial charge in [0.2, 0.25) is 0 Å². The fraction of sp³-hybridized carbons (Fsp3) is 0. The van der Waals surface area contributed by atoms with Gasteiger partial charge in [0.15, 0.2) is 0 Å². The number of benzene rings is 2. The molecule has 2 aromatic carbocycles. The van der Waals surface area contributed by atoms with Crippen molar-refractivity contribution in [3.8, 4) is 28.1 Å². The highest BCUT2D eigenvalue weighted by atomic mass is 16.3. The summed E-state index contributed by atoms with van der Waals surface area (Å²) in [6.45, 7) is 0. The van der Waals surface area contributed by atoms with E-state index in [4.69, 9.17) is 0 Å². The van der Waals surface area contributed by atoms with Crippen LogP contribution in [0.3, 0.4) is 0 Å². The third-order valence-electron chi connectivity index (χ3n) is 3.04. The Labute approximate surface area is 112 Å². The van der Waals surface area contributed by atoms with Gasteiger partial charge < -0.3 is 5.11 Å². The minimum absolute atomic E-state index is 0.249. The summed E-state index contributed by atoms with van der Waals surface area (Å²) in [6.07, 6.45) is 1.73. The van der Waals surface area contributed by atoms with Crippen LogP contribution in [0.4, 0.5) is 0 Å². The van der Waals surface area contributed by atoms with E-state index in [-0.39, 0.29) is 5.75 Å². The normalized spacial score (nSPS) is 10.3. The van der Waals surface area contributed by atoms with Crippen molar-refractivity contribution in [2.24, 2.45) is 0 Å². The summed E-state index contributed by atoms with van der Waals surface area (Å²) < 4.78 is 0. The number of nitrogens with zero attached hydrogens (tertiary/aromatic N) is 1. The van der Waals surface area contributed by atoms with E-state index in [1.165, 1.54) is 0 Å². The van der Waals surface area contributed by atoms with Crippen molar-refractivity contribution < 1.29 is 5.11 Å². The standard InChI is InChI=1S/C17H13NO/c19-17-10-9-14(13-6-2-1-3-7-13)12-15(17)16-8-4-5-11-18-16/h1-12,19H. The lowest BCUT2D eigenvalue weighted by Crippen LogP contribution is -1.85. The Morgan fingerprint density at radius 1 is 0.737 bits per heavy atom. The quantitative estimate of drug-likeness (QED) is 0.738. The van der Waals surface area contributed by atoms with Crippen molar-refractivity contribution in [1.29, 1.82) is 0 Å². The van der Waals surface area contributed by atoms with Crippen molar-refractivity contribution in [1.82, 2.24) is 4.98 Å². The van der Waals surface area contributed by atoms with E-state index < -0.39 is 0 Å². The second-order valence-electron chi connectivity index (χ2n) is 4.31. The van der Waals surface area contributed by atoms with Gasteiger partial charge in [-0.15, -0.1) is 0 Å². The average molecular weight is 247 g/mol. The average Bonchev–Trinajstić information content (AvgIpc) is 2.49. The molecular weight excluding hydrogens is 234 g/mol. The molecule has 1 heterocycles. The Bertz CT molecular complexity index is 678. The molecule has 92 valence electrons. The molecule has 0 bridgehead atoms. The van der Waals surface area contributed by atoms with E-state index in [1.54, 1.807) is 12.3 Å². The van der Waals surface area contributed by atoms with Crippen LogP contribution >= 0.6 is 0 Å². The molecular formula is C17H13NO. The van der Waals surface area contributed by atoms with Gasteiger partial charge in [-0.2, -0.15) is 0 Å². The minimum Gasteiger partial charge on any atom is -0.507 e. The topological polar surface area (TPSA) is 33.1 Å². The van der Waals surface area contributed by atoms with Crippen molar-refractivity contribution >= 4 is 0 Å². The molecule has 0 aliphatic carbocycles. The maximum atomic E-state index is 10.00. The summed E-state index contributed by atoms with van der Waals surface area (Å²) in [5.41, 5.74) is 3.72. The molecule has 0 aliphatic rings. The first-order valence-corrected chi connectivity index (χ1v) is 6.14. The largest absolute Gasteiger partial charge is 0.507 e. The van der Waals surface area contributed by atoms with E-state index in [0.29, 0.717) is 0 Å². The zero-order valence-corrected chi connectivity index (χ0v) is 10.3. The maximum Gasteiger partial charge on any atom is 0.125 e. The second-order valence-corrected chi connectivity index (χ2v) is 4.31. The van der Waals surface area contributed by atoms with Crippen LogP contribution in [0.15, 0.2) is 72.9 Å². The van der Waals surface area contributed by atoms with Gasteiger partial charge in [-0.05, 0) is 35.4 Å². The monoisotopic (exact) mass is 247 g/mol. The van der Waals surface area contributed by atoms with Crippen molar-refractivity contribution in [3.63, 3.8) is 0 Å². The van der Waals surface area contributed by atoms with E-state index in [0.717, 1.165) is 22.4 Å². The molecule has 1 aromatic heterocycles. The molecule has 19 heavy (non-hydrogen) atoms. The molecule has 0 atom stereocenters. The van der Waals surface area contributed by atoms with Crippen LogP contribution in [0.5, 0.6) is 5.75 Å². The summed E-state index contributed by atoms with van der Waals surface area (Å²) >= 11 is 0. The number of phenolic OH excluding ortho intramolecular Hbond substituents is 1. The molecule has 2 heteroatoms. The Balaban J connectivity index is 2.12. The van der Waals surface area contributed by atoms with Crippen molar-refractivity contribution in [3.05, 3.63) is 72.9 Å². The van der Waals surface area contributed by atoms with Crippen LogP contribution in [0.25, 0.3) is 22.4 Å². The van der Waals surface area contributed by atoms with Crippen LogP contribution in [-0.4, -0.2) is 10.1 Å². The molecule has 0 saturated carbocycles. The van der Waals surface area contributed by atoms with Crippen LogP contribution in [0.2, 0.25) is 0 Å². The molecule has 0 aliphatic heterocycles. The number of hydrogen-bond acceptors (Lipinski definition) is 2. The molecule has 3 aromatic rings. The van der Waals surface area contributed by atoms with Gasteiger partial charge in [0.1, 0.15) is 5.75 Å². The number of aromatic hydroxyl groups is 1. The first-order valence-electron chi connectivity index (χ1n) is 6.14. The maximum absolute atomic E-state index is 10.00. The lowest BCUT2D eigenvalue weighted by atomic mass is 10.0. The minimum atomic E-state index is 0.249. The number of pyridine rings is 1. The van der Waals surface area contributed by atoms with E-state index in [1.807, 2.05) is 48.5 Å². The lowest BCUT2D eigenvalue weighted by molar-refractivity contribution is 0.477. The van der Waals surface area contributed by atoms with E-state index in [2.05, 4.69) is 17.1 Å². The highest BCUT2D eigenvalue weighted by molar-refractivity contribution is 5.75. The van der Waals surface area contributed by atoms with Crippen molar-refractivity contribution in [2.45, 2.75) is 0 Å². The number of aromatic nitrogens is 1. The zero-order chi connectivity index (χ0) is 13.1. The van der Waals surface area contributed by atoms with Gasteiger partial charge in [0, 0.05) is 11.8 Å². The molecule has 2 nitrogen and oxygen atoms in total. The molecule has 0 radical (unpaired) electrons. The highest BCUT2D eigenvalue weighted by Gasteiger charge is 2.07. The van der Waals surface area contributed by atoms with Gasteiger partial charge in [0.05, 0.1) is 5.69 Å². The summed E-state index contributed by atoms with van der Waals surface area (Å²) in [4.78, 5) is 4.28. The summed E-state index contributed by atoms with van der Waals surface area (Å²) in [7, 11) is 0. The Morgan fingerprint density at radius 3 is 2.26 bits per heavy atom. The summed E-state index contributed by atoms with van der Waals surface area (Å²) in [5, 5.41) is 10.00. The van der Waals surface area contributed by atoms with Gasteiger partial charge in [-0.3, -0.25) is 4.98 Å². The molecule has 0 unspecified atom stereocenters. The second kappa shape index (κ2) is 4.94. The Hall–Kier alpha value is -2.61. The zero-order valence-electron chi connectivity index (χ0n) is 10.3. The number of phenols is 1.